The number of hydrogen-bond acceptors (Lipinski definition) is 4. The van der Waals surface area contributed by atoms with Crippen LogP contribution in [0.2, 0.25) is 0 Å². The zero-order valence-corrected chi connectivity index (χ0v) is 16.2. The third kappa shape index (κ3) is 5.44. The van der Waals surface area contributed by atoms with Crippen LogP contribution in [0.3, 0.4) is 0 Å². The summed E-state index contributed by atoms with van der Waals surface area (Å²) in [5, 5.41) is 8.31. The molecule has 7 heteroatoms. The van der Waals surface area contributed by atoms with Gasteiger partial charge in [0.25, 0.3) is 0 Å². The zero-order valence-electron chi connectivity index (χ0n) is 15.4. The van der Waals surface area contributed by atoms with Crippen molar-refractivity contribution in [1.29, 1.82) is 0 Å². The lowest BCUT2D eigenvalue weighted by atomic mass is 10.1. The molecule has 0 unspecified atom stereocenters. The molecule has 0 amide bonds. The van der Waals surface area contributed by atoms with E-state index < -0.39 is 10.0 Å². The fourth-order valence-corrected chi connectivity index (χ4v) is 3.30. The van der Waals surface area contributed by atoms with E-state index in [9.17, 15) is 12.8 Å². The maximum Gasteiger partial charge on any atom is 0.238 e. The second-order valence-electron chi connectivity index (χ2n) is 6.59. The first-order valence-corrected chi connectivity index (χ1v) is 10.1. The smallest absolute Gasteiger partial charge is 0.238 e. The lowest BCUT2D eigenvalue weighted by Crippen LogP contribution is -2.25. The van der Waals surface area contributed by atoms with E-state index in [1.807, 2.05) is 7.05 Å². The first-order valence-electron chi connectivity index (χ1n) is 8.57. The van der Waals surface area contributed by atoms with Crippen LogP contribution in [0.4, 0.5) is 15.8 Å². The molecule has 0 saturated carbocycles. The van der Waals surface area contributed by atoms with Crippen LogP contribution in [0, 0.1) is 11.7 Å². The van der Waals surface area contributed by atoms with Crippen molar-refractivity contribution in [2.45, 2.75) is 31.7 Å². The van der Waals surface area contributed by atoms with Gasteiger partial charge in [-0.3, -0.25) is 0 Å². The van der Waals surface area contributed by atoms with Gasteiger partial charge in [-0.15, -0.1) is 0 Å². The van der Waals surface area contributed by atoms with Crippen molar-refractivity contribution in [3.63, 3.8) is 0 Å². The van der Waals surface area contributed by atoms with Gasteiger partial charge in [0.2, 0.25) is 10.0 Å². The molecule has 0 aliphatic carbocycles. The van der Waals surface area contributed by atoms with Crippen LogP contribution < -0.4 is 15.4 Å². The SMILES string of the molecule is CC[C@H](C)CN(C)c1ccc(F)cc1CNc1cccc(S(N)(=O)=O)c1. The van der Waals surface area contributed by atoms with Crippen molar-refractivity contribution in [3.8, 4) is 0 Å². The number of nitrogens with two attached hydrogens (primary N) is 1. The summed E-state index contributed by atoms with van der Waals surface area (Å²) in [5.74, 6) is 0.220. The Morgan fingerprint density at radius 2 is 1.96 bits per heavy atom. The maximum atomic E-state index is 13.7. The molecule has 2 rings (SSSR count). The molecule has 0 heterocycles. The van der Waals surface area contributed by atoms with Crippen molar-refractivity contribution in [1.82, 2.24) is 0 Å². The van der Waals surface area contributed by atoms with E-state index in [2.05, 4.69) is 24.1 Å². The van der Waals surface area contributed by atoms with E-state index in [0.717, 1.165) is 24.2 Å². The van der Waals surface area contributed by atoms with Crippen LogP contribution in [0.1, 0.15) is 25.8 Å². The Kier molecular flexibility index (Phi) is 6.61. The third-order valence-corrected chi connectivity index (χ3v) is 5.29. The summed E-state index contributed by atoms with van der Waals surface area (Å²) in [6.45, 7) is 5.56. The Morgan fingerprint density at radius 1 is 1.23 bits per heavy atom. The highest BCUT2D eigenvalue weighted by molar-refractivity contribution is 7.89. The van der Waals surface area contributed by atoms with Gasteiger partial charge in [-0.25, -0.2) is 17.9 Å². The number of benzene rings is 2. The molecule has 2 aromatic carbocycles. The lowest BCUT2D eigenvalue weighted by molar-refractivity contribution is 0.558. The molecule has 0 saturated heterocycles. The summed E-state index contributed by atoms with van der Waals surface area (Å²) in [4.78, 5) is 2.15. The summed E-state index contributed by atoms with van der Waals surface area (Å²) in [5.41, 5.74) is 2.36. The van der Waals surface area contributed by atoms with E-state index in [4.69, 9.17) is 5.14 Å². The van der Waals surface area contributed by atoms with Gasteiger partial charge in [0, 0.05) is 31.5 Å². The van der Waals surface area contributed by atoms with Crippen LogP contribution in [0.15, 0.2) is 47.4 Å². The maximum absolute atomic E-state index is 13.7. The summed E-state index contributed by atoms with van der Waals surface area (Å²) < 4.78 is 36.7. The second-order valence-corrected chi connectivity index (χ2v) is 8.15. The Bertz CT molecular complexity index is 856. The van der Waals surface area contributed by atoms with Crippen LogP contribution >= 0.6 is 0 Å². The fourth-order valence-electron chi connectivity index (χ4n) is 2.74. The molecule has 0 fully saturated rings. The van der Waals surface area contributed by atoms with Crippen molar-refractivity contribution >= 4 is 21.4 Å². The van der Waals surface area contributed by atoms with Gasteiger partial charge >= 0.3 is 0 Å². The van der Waals surface area contributed by atoms with Gasteiger partial charge in [0.15, 0.2) is 0 Å². The molecule has 26 heavy (non-hydrogen) atoms. The number of anilines is 2. The highest BCUT2D eigenvalue weighted by atomic mass is 32.2. The highest BCUT2D eigenvalue weighted by Gasteiger charge is 2.12. The number of hydrogen-bond donors (Lipinski definition) is 2. The van der Waals surface area contributed by atoms with Gasteiger partial charge in [0.1, 0.15) is 5.82 Å². The quantitative estimate of drug-likeness (QED) is 0.735. The van der Waals surface area contributed by atoms with E-state index >= 15 is 0 Å². The molecular formula is C19H26FN3O2S. The number of halogens is 1. The van der Waals surface area contributed by atoms with Gasteiger partial charge in [-0.05, 0) is 47.9 Å². The second kappa shape index (κ2) is 8.51. The molecule has 0 radical (unpaired) electrons. The monoisotopic (exact) mass is 379 g/mol. The van der Waals surface area contributed by atoms with Crippen molar-refractivity contribution in [2.75, 3.05) is 23.8 Å². The zero-order chi connectivity index (χ0) is 19.3. The molecule has 0 aliphatic rings. The molecule has 0 aliphatic heterocycles. The first-order chi connectivity index (χ1) is 12.2. The molecule has 3 N–H and O–H groups in total. The summed E-state index contributed by atoms with van der Waals surface area (Å²) >= 11 is 0. The van der Waals surface area contributed by atoms with Crippen molar-refractivity contribution < 1.29 is 12.8 Å². The van der Waals surface area contributed by atoms with Crippen LogP contribution in [0.5, 0.6) is 0 Å². The Hall–Kier alpha value is -2.12. The lowest BCUT2D eigenvalue weighted by Gasteiger charge is -2.25. The fraction of sp³-hybridized carbons (Fsp3) is 0.368. The minimum atomic E-state index is -3.76. The van der Waals surface area contributed by atoms with Gasteiger partial charge < -0.3 is 10.2 Å². The molecule has 0 bridgehead atoms. The first kappa shape index (κ1) is 20.2. The van der Waals surface area contributed by atoms with E-state index in [1.54, 1.807) is 18.2 Å². The summed E-state index contributed by atoms with van der Waals surface area (Å²) in [7, 11) is -1.77. The summed E-state index contributed by atoms with van der Waals surface area (Å²) in [6, 6.07) is 11.0. The molecule has 0 spiro atoms. The number of primary sulfonamides is 1. The number of nitrogens with one attached hydrogen (secondary N) is 1. The normalized spacial score (nSPS) is 12.7. The number of rotatable bonds is 8. The van der Waals surface area contributed by atoms with Crippen molar-refractivity contribution in [3.05, 3.63) is 53.8 Å². The summed E-state index contributed by atoms with van der Waals surface area (Å²) in [6.07, 6.45) is 1.07. The Balaban J connectivity index is 2.20. The minimum Gasteiger partial charge on any atom is -0.381 e. The number of sulfonamides is 1. The molecular weight excluding hydrogens is 353 g/mol. The van der Waals surface area contributed by atoms with E-state index in [1.165, 1.54) is 24.3 Å². The topological polar surface area (TPSA) is 75.4 Å². The Morgan fingerprint density at radius 3 is 2.62 bits per heavy atom. The Labute approximate surface area is 155 Å². The highest BCUT2D eigenvalue weighted by Crippen LogP contribution is 2.24. The largest absolute Gasteiger partial charge is 0.381 e. The van der Waals surface area contributed by atoms with E-state index in [0.29, 0.717) is 18.2 Å². The van der Waals surface area contributed by atoms with Gasteiger partial charge in [0.05, 0.1) is 4.90 Å². The predicted molar refractivity (Wildman–Crippen MR) is 104 cm³/mol. The average Bonchev–Trinajstić information content (AvgIpc) is 2.59. The average molecular weight is 380 g/mol. The minimum absolute atomic E-state index is 0.0378. The van der Waals surface area contributed by atoms with Crippen LogP contribution in [-0.2, 0) is 16.6 Å². The molecule has 2 aromatic rings. The predicted octanol–water partition coefficient (Wildman–Crippen LogP) is 3.57. The van der Waals surface area contributed by atoms with Crippen molar-refractivity contribution in [2.24, 2.45) is 11.1 Å². The van der Waals surface area contributed by atoms with Gasteiger partial charge in [-0.1, -0.05) is 26.3 Å². The molecule has 142 valence electrons. The van der Waals surface area contributed by atoms with E-state index in [-0.39, 0.29) is 10.7 Å². The number of nitrogens with zero attached hydrogens (tertiary/aromatic N) is 1. The van der Waals surface area contributed by atoms with Crippen LogP contribution in [0.25, 0.3) is 0 Å². The van der Waals surface area contributed by atoms with Gasteiger partial charge in [-0.2, -0.15) is 0 Å². The molecule has 0 aromatic heterocycles. The third-order valence-electron chi connectivity index (χ3n) is 4.38. The van der Waals surface area contributed by atoms with Crippen LogP contribution in [-0.4, -0.2) is 22.0 Å². The standard InChI is InChI=1S/C19H26FN3O2S/c1-4-14(2)13-23(3)19-9-8-16(20)10-15(19)12-22-17-6-5-7-18(11-17)26(21,24)25/h5-11,14,22H,4,12-13H2,1-3H3,(H2,21,24,25)/t14-/m0/s1. The molecule has 1 atom stereocenters. The molecule has 5 nitrogen and oxygen atoms in total.